The van der Waals surface area contributed by atoms with Crippen LogP contribution in [0.1, 0.15) is 10.6 Å². The molecule has 22 heavy (non-hydrogen) atoms. The summed E-state index contributed by atoms with van der Waals surface area (Å²) in [4.78, 5) is 29.2. The monoisotopic (exact) mass is 349 g/mol. The molecule has 0 bridgehead atoms. The highest BCUT2D eigenvalue weighted by Crippen LogP contribution is 2.27. The van der Waals surface area contributed by atoms with Gasteiger partial charge in [0.25, 0.3) is 5.56 Å². The van der Waals surface area contributed by atoms with Gasteiger partial charge >= 0.3 is 6.18 Å². The van der Waals surface area contributed by atoms with Crippen molar-refractivity contribution >= 4 is 29.0 Å². The van der Waals surface area contributed by atoms with Crippen LogP contribution >= 0.6 is 23.1 Å². The predicted molar refractivity (Wildman–Crippen MR) is 76.7 cm³/mol. The molecule has 10 heteroatoms. The average molecular weight is 349 g/mol. The van der Waals surface area contributed by atoms with Gasteiger partial charge in [-0.1, -0.05) is 17.8 Å². The minimum atomic E-state index is -4.70. The largest absolute Gasteiger partial charge is 0.433 e. The summed E-state index contributed by atoms with van der Waals surface area (Å²) in [6.45, 7) is 0.351. The van der Waals surface area contributed by atoms with Crippen molar-refractivity contribution in [2.75, 3.05) is 5.75 Å². The number of carbonyl (C=O) groups is 1. The lowest BCUT2D eigenvalue weighted by molar-refractivity contribution is -0.141. The Labute approximate surface area is 131 Å². The molecular formula is C12H10F3N3O2S2. The molecule has 5 nitrogen and oxygen atoms in total. The zero-order chi connectivity index (χ0) is 16.2. The number of hydrogen-bond donors (Lipinski definition) is 2. The Bertz CT molecular complexity index is 698. The van der Waals surface area contributed by atoms with Crippen molar-refractivity contribution in [3.8, 4) is 0 Å². The molecule has 0 radical (unpaired) electrons. The van der Waals surface area contributed by atoms with Crippen molar-refractivity contribution in [2.45, 2.75) is 17.9 Å². The Morgan fingerprint density at radius 3 is 2.86 bits per heavy atom. The van der Waals surface area contributed by atoms with Crippen LogP contribution in [0.2, 0.25) is 0 Å². The van der Waals surface area contributed by atoms with E-state index in [2.05, 4.69) is 15.3 Å². The lowest BCUT2D eigenvalue weighted by Crippen LogP contribution is -2.24. The van der Waals surface area contributed by atoms with E-state index in [1.54, 1.807) is 0 Å². The molecule has 0 aliphatic rings. The predicted octanol–water partition coefficient (Wildman–Crippen LogP) is 2.26. The van der Waals surface area contributed by atoms with Gasteiger partial charge in [0, 0.05) is 10.9 Å². The van der Waals surface area contributed by atoms with E-state index < -0.39 is 17.4 Å². The van der Waals surface area contributed by atoms with Crippen LogP contribution in [0.4, 0.5) is 13.2 Å². The molecule has 0 fully saturated rings. The fraction of sp³-hybridized carbons (Fsp3) is 0.250. The minimum absolute atomic E-state index is 0.143. The van der Waals surface area contributed by atoms with Gasteiger partial charge in [-0.05, 0) is 11.4 Å². The normalized spacial score (nSPS) is 11.4. The molecule has 118 valence electrons. The molecule has 0 aliphatic carbocycles. The molecule has 1 amide bonds. The highest BCUT2D eigenvalue weighted by atomic mass is 32.2. The van der Waals surface area contributed by atoms with Crippen molar-refractivity contribution in [1.82, 2.24) is 15.3 Å². The van der Waals surface area contributed by atoms with Crippen molar-refractivity contribution in [2.24, 2.45) is 0 Å². The quantitative estimate of drug-likeness (QED) is 0.641. The molecule has 2 aromatic heterocycles. The van der Waals surface area contributed by atoms with Crippen molar-refractivity contribution in [3.05, 3.63) is 44.5 Å². The molecule has 2 heterocycles. The molecule has 0 unspecified atom stereocenters. The second-order valence-electron chi connectivity index (χ2n) is 4.08. The first-order valence-corrected chi connectivity index (χ1v) is 7.81. The van der Waals surface area contributed by atoms with E-state index in [1.165, 1.54) is 11.3 Å². The summed E-state index contributed by atoms with van der Waals surface area (Å²) in [7, 11) is 0. The number of alkyl halides is 3. The summed E-state index contributed by atoms with van der Waals surface area (Å²) in [6, 6.07) is 4.07. The molecule has 0 atom stereocenters. The first-order valence-electron chi connectivity index (χ1n) is 5.95. The van der Waals surface area contributed by atoms with Crippen LogP contribution < -0.4 is 10.9 Å². The Morgan fingerprint density at radius 1 is 1.45 bits per heavy atom. The van der Waals surface area contributed by atoms with Crippen LogP contribution in [0.5, 0.6) is 0 Å². The maximum absolute atomic E-state index is 12.5. The van der Waals surface area contributed by atoms with Gasteiger partial charge in [-0.25, -0.2) is 4.98 Å². The third-order valence-corrected chi connectivity index (χ3v) is 4.14. The van der Waals surface area contributed by atoms with Gasteiger partial charge in [-0.3, -0.25) is 9.59 Å². The molecule has 0 aliphatic heterocycles. The topological polar surface area (TPSA) is 74.8 Å². The van der Waals surface area contributed by atoms with Gasteiger partial charge in [0.1, 0.15) is 0 Å². The van der Waals surface area contributed by atoms with E-state index in [0.29, 0.717) is 12.6 Å². The maximum atomic E-state index is 12.5. The van der Waals surface area contributed by atoms with Crippen LogP contribution in [0.15, 0.2) is 33.5 Å². The number of halogens is 3. The van der Waals surface area contributed by atoms with Crippen LogP contribution in [0, 0.1) is 0 Å². The number of rotatable bonds is 5. The number of nitrogens with zero attached hydrogens (tertiary/aromatic N) is 1. The molecule has 0 saturated carbocycles. The average Bonchev–Trinajstić information content (AvgIpc) is 2.94. The van der Waals surface area contributed by atoms with E-state index >= 15 is 0 Å². The molecule has 0 saturated heterocycles. The second kappa shape index (κ2) is 6.97. The lowest BCUT2D eigenvalue weighted by Gasteiger charge is -2.07. The molecule has 0 spiro atoms. The lowest BCUT2D eigenvalue weighted by atomic mass is 10.4. The van der Waals surface area contributed by atoms with E-state index in [1.807, 2.05) is 17.5 Å². The van der Waals surface area contributed by atoms with Crippen molar-refractivity contribution < 1.29 is 18.0 Å². The number of hydrogen-bond acceptors (Lipinski definition) is 5. The van der Waals surface area contributed by atoms with Gasteiger partial charge in [0.05, 0.1) is 12.3 Å². The minimum Gasteiger partial charge on any atom is -0.350 e. The van der Waals surface area contributed by atoms with Gasteiger partial charge in [0.2, 0.25) is 5.91 Å². The number of aromatic nitrogens is 2. The summed E-state index contributed by atoms with van der Waals surface area (Å²) in [5.41, 5.74) is -2.19. The van der Waals surface area contributed by atoms with Gasteiger partial charge in [-0.2, -0.15) is 13.2 Å². The number of carbonyl (C=O) groups excluding carboxylic acids is 1. The smallest absolute Gasteiger partial charge is 0.350 e. The fourth-order valence-corrected chi connectivity index (χ4v) is 2.78. The first-order chi connectivity index (χ1) is 10.3. The second-order valence-corrected chi connectivity index (χ2v) is 6.07. The first kappa shape index (κ1) is 16.6. The summed E-state index contributed by atoms with van der Waals surface area (Å²) >= 11 is 2.21. The molecule has 2 aromatic rings. The van der Waals surface area contributed by atoms with Crippen LogP contribution in [-0.4, -0.2) is 21.6 Å². The zero-order valence-electron chi connectivity index (χ0n) is 10.9. The number of amides is 1. The van der Waals surface area contributed by atoms with Crippen LogP contribution in [0.25, 0.3) is 0 Å². The van der Waals surface area contributed by atoms with Gasteiger partial charge < -0.3 is 10.3 Å². The van der Waals surface area contributed by atoms with Crippen molar-refractivity contribution in [3.63, 3.8) is 0 Å². The van der Waals surface area contributed by atoms with Crippen LogP contribution in [0.3, 0.4) is 0 Å². The molecule has 2 N–H and O–H groups in total. The molecular weight excluding hydrogens is 339 g/mol. The maximum Gasteiger partial charge on any atom is 0.433 e. The zero-order valence-corrected chi connectivity index (χ0v) is 12.6. The Kier molecular flexibility index (Phi) is 5.24. The SMILES string of the molecule is O=C(CSc1nc(C(F)(F)F)cc(=O)[nH]1)NCc1cccs1. The number of aromatic amines is 1. The summed E-state index contributed by atoms with van der Waals surface area (Å²) < 4.78 is 37.6. The number of nitrogens with one attached hydrogen (secondary N) is 2. The third-order valence-electron chi connectivity index (χ3n) is 2.39. The molecule has 0 aromatic carbocycles. The van der Waals surface area contributed by atoms with E-state index in [4.69, 9.17) is 0 Å². The van der Waals surface area contributed by atoms with Crippen LogP contribution in [-0.2, 0) is 17.5 Å². The number of thiophene rings is 1. The fourth-order valence-electron chi connectivity index (χ4n) is 1.43. The Balaban J connectivity index is 1.92. The number of thioether (sulfide) groups is 1. The summed E-state index contributed by atoms with van der Waals surface area (Å²) in [5.74, 6) is -0.506. The summed E-state index contributed by atoms with van der Waals surface area (Å²) in [5, 5.41) is 4.25. The van der Waals surface area contributed by atoms with Gasteiger partial charge in [-0.15, -0.1) is 11.3 Å². The van der Waals surface area contributed by atoms with E-state index in [0.717, 1.165) is 16.6 Å². The molecule has 2 rings (SSSR count). The highest BCUT2D eigenvalue weighted by Gasteiger charge is 2.33. The van der Waals surface area contributed by atoms with Gasteiger partial charge in [0.15, 0.2) is 10.9 Å². The van der Waals surface area contributed by atoms with Crippen molar-refractivity contribution in [1.29, 1.82) is 0 Å². The Morgan fingerprint density at radius 2 is 2.23 bits per heavy atom. The Hall–Kier alpha value is -1.81. The third kappa shape index (κ3) is 4.88. The number of H-pyrrole nitrogens is 1. The highest BCUT2D eigenvalue weighted by molar-refractivity contribution is 7.99. The van der Waals surface area contributed by atoms with E-state index in [-0.39, 0.29) is 16.8 Å². The van der Waals surface area contributed by atoms with E-state index in [9.17, 15) is 22.8 Å². The summed E-state index contributed by atoms with van der Waals surface area (Å²) in [6.07, 6.45) is -4.70. The standard InChI is InChI=1S/C12H10F3N3O2S2/c13-12(14,15)8-4-9(19)18-11(17-8)22-6-10(20)16-5-7-2-1-3-21-7/h1-4H,5-6H2,(H,16,20)(H,17,18,19).